The number of hydrogen-bond donors (Lipinski definition) is 3. The molecule has 1 fully saturated rings. The fraction of sp³-hybridized carbons (Fsp3) is 0.514. The van der Waals surface area contributed by atoms with E-state index < -0.39 is 0 Å². The molecular weight excluding hydrogens is 550 g/mol. The van der Waals surface area contributed by atoms with Crippen molar-refractivity contribution in [3.63, 3.8) is 0 Å². The number of aromatic nitrogens is 4. The Hall–Kier alpha value is -3.85. The number of carbonyl (C=O) groups excluding carboxylic acids is 1. The predicted molar refractivity (Wildman–Crippen MR) is 175 cm³/mol. The van der Waals surface area contributed by atoms with Crippen LogP contribution in [0.5, 0.6) is 0 Å². The Morgan fingerprint density at radius 3 is 2.39 bits per heavy atom. The van der Waals surface area contributed by atoms with Crippen molar-refractivity contribution in [3.8, 4) is 11.3 Å². The molecule has 0 saturated heterocycles. The number of benzene rings is 1. The van der Waals surface area contributed by atoms with Gasteiger partial charge in [-0.2, -0.15) is 5.10 Å². The lowest BCUT2D eigenvalue weighted by atomic mass is 9.84. The maximum absolute atomic E-state index is 12.5. The van der Waals surface area contributed by atoms with Gasteiger partial charge in [-0.1, -0.05) is 69.4 Å². The summed E-state index contributed by atoms with van der Waals surface area (Å²) in [7, 11) is 0. The highest BCUT2D eigenvalue weighted by atomic mass is 16.1. The Balaban J connectivity index is 0.00000442. The minimum absolute atomic E-state index is 0. The van der Waals surface area contributed by atoms with Gasteiger partial charge in [-0.25, -0.2) is 14.6 Å². The molecule has 0 aliphatic heterocycles. The van der Waals surface area contributed by atoms with E-state index in [1.807, 2.05) is 16.8 Å². The van der Waals surface area contributed by atoms with E-state index in [0.717, 1.165) is 88.0 Å². The highest BCUT2D eigenvalue weighted by molar-refractivity contribution is 5.76. The maximum Gasteiger partial charge on any atom is 0.220 e. The lowest BCUT2D eigenvalue weighted by Gasteiger charge is -2.30. The number of hydrogen-bond acceptors (Lipinski definition) is 6. The maximum atomic E-state index is 12.5. The van der Waals surface area contributed by atoms with Crippen LogP contribution in [0.15, 0.2) is 61.2 Å². The molecule has 44 heavy (non-hydrogen) atoms. The Bertz CT molecular complexity index is 1410. The predicted octanol–water partition coefficient (Wildman–Crippen LogP) is 5.91. The van der Waals surface area contributed by atoms with Crippen LogP contribution in [0, 0.1) is 11.3 Å². The summed E-state index contributed by atoms with van der Waals surface area (Å²) in [6.07, 6.45) is 19.1. The van der Waals surface area contributed by atoms with Crippen molar-refractivity contribution in [2.45, 2.75) is 109 Å². The molecule has 5 N–H and O–H groups in total. The lowest BCUT2D eigenvalue weighted by Crippen LogP contribution is -2.38. The van der Waals surface area contributed by atoms with Crippen molar-refractivity contribution in [1.82, 2.24) is 25.1 Å². The Morgan fingerprint density at radius 2 is 1.64 bits per heavy atom. The van der Waals surface area contributed by atoms with E-state index in [1.165, 1.54) is 48.7 Å². The minimum Gasteiger partial charge on any atom is -0.412 e. The molecule has 0 unspecified atom stereocenters. The van der Waals surface area contributed by atoms with Crippen LogP contribution >= 0.6 is 0 Å². The molecule has 236 valence electrons. The highest BCUT2D eigenvalue weighted by Crippen LogP contribution is 2.31. The number of nitrogens with zero attached hydrogens (tertiary/aromatic N) is 4. The smallest absolute Gasteiger partial charge is 0.220 e. The van der Waals surface area contributed by atoms with Crippen molar-refractivity contribution in [1.29, 1.82) is 5.41 Å². The largest absolute Gasteiger partial charge is 0.412 e. The molecule has 9 heteroatoms. The Morgan fingerprint density at radius 1 is 0.932 bits per heavy atom. The first-order valence-corrected chi connectivity index (χ1v) is 16.3. The van der Waals surface area contributed by atoms with E-state index in [1.54, 1.807) is 6.20 Å². The van der Waals surface area contributed by atoms with Gasteiger partial charge in [0.2, 0.25) is 5.91 Å². The molecule has 1 aromatic carbocycles. The first-order valence-electron chi connectivity index (χ1n) is 16.3. The Kier molecular flexibility index (Phi) is 12.7. The van der Waals surface area contributed by atoms with Gasteiger partial charge < -0.3 is 16.1 Å². The van der Waals surface area contributed by atoms with Crippen molar-refractivity contribution in [3.05, 3.63) is 77.8 Å². The number of anilines is 1. The van der Waals surface area contributed by atoms with Crippen LogP contribution < -0.4 is 16.1 Å². The van der Waals surface area contributed by atoms with Gasteiger partial charge in [-0.05, 0) is 80.5 Å². The normalized spacial score (nSPS) is 17.1. The monoisotopic (exact) mass is 599 g/mol. The standard InChI is InChI=1S/C35H47N7O.H2O/c1-26(39-33-21-22-37-25-38-33)27-17-19-30(20-18-27)40-34(43)14-8-6-4-2-3-5-7-11-23-42-32(36)24-29-16-15-28-12-9-10-13-31(28)35(29)41-42;/h9-10,12-13,21-22,24-25,27,30,36H,1-8,11,14-20,23H2,(H,40,43)(H,37,38,39);1H2. The molecule has 2 aliphatic rings. The zero-order valence-corrected chi connectivity index (χ0v) is 26.0. The second-order valence-corrected chi connectivity index (χ2v) is 12.2. The summed E-state index contributed by atoms with van der Waals surface area (Å²) in [5.74, 6) is 1.39. The second kappa shape index (κ2) is 16.9. The molecule has 2 heterocycles. The number of allylic oxidation sites excluding steroid dienone is 1. The van der Waals surface area contributed by atoms with Crippen LogP contribution in [-0.2, 0) is 24.2 Å². The molecule has 1 saturated carbocycles. The van der Waals surface area contributed by atoms with E-state index in [0.29, 0.717) is 17.8 Å². The lowest BCUT2D eigenvalue weighted by molar-refractivity contribution is -0.122. The van der Waals surface area contributed by atoms with Gasteiger partial charge >= 0.3 is 0 Å². The van der Waals surface area contributed by atoms with E-state index in [4.69, 9.17) is 10.5 Å². The third-order valence-electron chi connectivity index (χ3n) is 9.03. The Labute approximate surface area is 261 Å². The van der Waals surface area contributed by atoms with Crippen molar-refractivity contribution in [2.75, 3.05) is 5.32 Å². The van der Waals surface area contributed by atoms with E-state index >= 15 is 0 Å². The number of fused-ring (bicyclic) bond motifs is 3. The van der Waals surface area contributed by atoms with Crippen LogP contribution in [0.4, 0.5) is 5.82 Å². The van der Waals surface area contributed by atoms with Crippen LogP contribution in [0.25, 0.3) is 11.3 Å². The molecular formula is C35H49N7O2. The average molecular weight is 600 g/mol. The van der Waals surface area contributed by atoms with Gasteiger partial charge in [0.15, 0.2) is 0 Å². The van der Waals surface area contributed by atoms with Gasteiger partial charge in [-0.15, -0.1) is 0 Å². The highest BCUT2D eigenvalue weighted by Gasteiger charge is 2.24. The fourth-order valence-electron chi connectivity index (χ4n) is 6.50. The molecule has 0 spiro atoms. The molecule has 2 aliphatic carbocycles. The number of rotatable bonds is 15. The zero-order chi connectivity index (χ0) is 29.9. The van der Waals surface area contributed by atoms with E-state index in [9.17, 15) is 4.79 Å². The van der Waals surface area contributed by atoms with Gasteiger partial charge in [0.25, 0.3) is 0 Å². The molecule has 0 bridgehead atoms. The summed E-state index contributed by atoms with van der Waals surface area (Å²) in [4.78, 5) is 20.6. The number of amides is 1. The number of carbonyl (C=O) groups is 1. The van der Waals surface area contributed by atoms with Crippen LogP contribution in [0.2, 0.25) is 0 Å². The third kappa shape index (κ3) is 9.32. The van der Waals surface area contributed by atoms with Crippen molar-refractivity contribution >= 4 is 11.7 Å². The summed E-state index contributed by atoms with van der Waals surface area (Å²) in [5, 5.41) is 19.9. The summed E-state index contributed by atoms with van der Waals surface area (Å²) in [6, 6.07) is 12.7. The van der Waals surface area contributed by atoms with Crippen molar-refractivity contribution < 1.29 is 10.3 Å². The quantitative estimate of drug-likeness (QED) is 0.187. The van der Waals surface area contributed by atoms with E-state index in [2.05, 4.69) is 51.4 Å². The number of unbranched alkanes of at least 4 members (excludes halogenated alkanes) is 7. The minimum atomic E-state index is 0. The first-order chi connectivity index (χ1) is 21.1. The summed E-state index contributed by atoms with van der Waals surface area (Å²) in [5.41, 5.74) is 6.38. The van der Waals surface area contributed by atoms with Crippen molar-refractivity contribution in [2.24, 2.45) is 5.92 Å². The van der Waals surface area contributed by atoms with Crippen LogP contribution in [0.3, 0.4) is 0 Å². The molecule has 9 nitrogen and oxygen atoms in total. The fourth-order valence-corrected chi connectivity index (χ4v) is 6.50. The SMILES string of the molecule is C=C(Nc1ccncn1)C1CCC(NC(=O)CCCCCCCCCCn2nc3c(cc2=N)CCc2ccccc2-3)CC1.O. The third-order valence-corrected chi connectivity index (χ3v) is 9.03. The van der Waals surface area contributed by atoms with Gasteiger partial charge in [-0.3, -0.25) is 10.2 Å². The van der Waals surface area contributed by atoms with Gasteiger partial charge in [0.1, 0.15) is 17.6 Å². The van der Waals surface area contributed by atoms with Crippen LogP contribution in [-0.4, -0.2) is 37.2 Å². The second-order valence-electron chi connectivity index (χ2n) is 12.2. The number of nitrogens with one attached hydrogen (secondary N) is 3. The van der Waals surface area contributed by atoms with Gasteiger partial charge in [0, 0.05) is 36.5 Å². The molecule has 5 rings (SSSR count). The molecule has 0 radical (unpaired) electrons. The number of aryl methyl sites for hydroxylation is 3. The molecule has 2 aromatic heterocycles. The van der Waals surface area contributed by atoms with Crippen LogP contribution in [0.1, 0.15) is 94.6 Å². The average Bonchev–Trinajstić information content (AvgIpc) is 3.03. The summed E-state index contributed by atoms with van der Waals surface area (Å²) in [6.45, 7) is 5.02. The molecule has 1 amide bonds. The topological polar surface area (TPSA) is 140 Å². The zero-order valence-electron chi connectivity index (χ0n) is 26.0. The van der Waals surface area contributed by atoms with Gasteiger partial charge in [0.05, 0.1) is 5.69 Å². The summed E-state index contributed by atoms with van der Waals surface area (Å²) < 4.78 is 1.88. The van der Waals surface area contributed by atoms with E-state index in [-0.39, 0.29) is 17.4 Å². The molecule has 3 aromatic rings. The summed E-state index contributed by atoms with van der Waals surface area (Å²) >= 11 is 0. The first kappa shape index (κ1) is 33.1. The molecule has 0 atom stereocenters.